The molecule has 0 radical (unpaired) electrons. The SMILES string of the molecule is CC(C)(C)OC(=O)n1c(C#N)ccc1-c1ccc2c(c1)C(C)(c1cccs1)OCC(=O)N2. The number of thiophene rings is 1. The van der Waals surface area contributed by atoms with Crippen LogP contribution in [0.1, 0.15) is 43.8 Å². The second-order valence-corrected chi connectivity index (χ2v) is 9.59. The maximum Gasteiger partial charge on any atom is 0.420 e. The van der Waals surface area contributed by atoms with E-state index in [0.717, 1.165) is 10.4 Å². The zero-order valence-electron chi connectivity index (χ0n) is 18.3. The third kappa shape index (κ3) is 3.93. The van der Waals surface area contributed by atoms with Crippen molar-refractivity contribution in [3.05, 3.63) is 64.0 Å². The van der Waals surface area contributed by atoms with E-state index in [4.69, 9.17) is 9.47 Å². The molecule has 4 rings (SSSR count). The van der Waals surface area contributed by atoms with E-state index in [0.29, 0.717) is 16.9 Å². The van der Waals surface area contributed by atoms with Crippen LogP contribution in [0.3, 0.4) is 0 Å². The van der Waals surface area contributed by atoms with Gasteiger partial charge in [0.25, 0.3) is 0 Å². The van der Waals surface area contributed by atoms with Crippen LogP contribution in [0.15, 0.2) is 47.8 Å². The number of nitrogens with zero attached hydrogens (tertiary/aromatic N) is 2. The van der Waals surface area contributed by atoms with Gasteiger partial charge in [-0.1, -0.05) is 12.1 Å². The second kappa shape index (κ2) is 7.93. The number of aromatic nitrogens is 1. The number of ether oxygens (including phenoxy) is 2. The molecule has 3 heterocycles. The van der Waals surface area contributed by atoms with E-state index in [-0.39, 0.29) is 18.2 Å². The molecule has 2 aromatic heterocycles. The molecule has 1 aliphatic heterocycles. The number of amides is 1. The Balaban J connectivity index is 1.87. The molecule has 0 fully saturated rings. The van der Waals surface area contributed by atoms with Gasteiger partial charge in [-0.25, -0.2) is 9.36 Å². The highest BCUT2D eigenvalue weighted by Gasteiger charge is 2.37. The number of fused-ring (bicyclic) bond motifs is 1. The Morgan fingerprint density at radius 2 is 2.06 bits per heavy atom. The van der Waals surface area contributed by atoms with E-state index < -0.39 is 17.3 Å². The zero-order valence-corrected chi connectivity index (χ0v) is 19.1. The monoisotopic (exact) mass is 449 g/mol. The van der Waals surface area contributed by atoms with Crippen LogP contribution in [0.25, 0.3) is 11.3 Å². The Hall–Kier alpha value is -3.41. The second-order valence-electron chi connectivity index (χ2n) is 8.64. The number of anilines is 1. The number of hydrogen-bond donors (Lipinski definition) is 1. The van der Waals surface area contributed by atoms with Crippen molar-refractivity contribution < 1.29 is 19.1 Å². The van der Waals surface area contributed by atoms with Crippen LogP contribution in [0.4, 0.5) is 10.5 Å². The van der Waals surface area contributed by atoms with E-state index in [1.54, 1.807) is 45.0 Å². The molecule has 164 valence electrons. The fourth-order valence-corrected chi connectivity index (χ4v) is 4.54. The van der Waals surface area contributed by atoms with E-state index in [2.05, 4.69) is 11.4 Å². The van der Waals surface area contributed by atoms with Crippen molar-refractivity contribution in [2.75, 3.05) is 11.9 Å². The maximum atomic E-state index is 12.9. The van der Waals surface area contributed by atoms with Gasteiger partial charge in [0.15, 0.2) is 0 Å². The van der Waals surface area contributed by atoms with E-state index in [1.807, 2.05) is 30.5 Å². The molecule has 0 spiro atoms. The summed E-state index contributed by atoms with van der Waals surface area (Å²) < 4.78 is 12.9. The Morgan fingerprint density at radius 1 is 1.28 bits per heavy atom. The van der Waals surface area contributed by atoms with E-state index in [1.165, 1.54) is 15.9 Å². The van der Waals surface area contributed by atoms with Crippen molar-refractivity contribution in [2.24, 2.45) is 0 Å². The van der Waals surface area contributed by atoms with Crippen molar-refractivity contribution in [2.45, 2.75) is 38.9 Å². The summed E-state index contributed by atoms with van der Waals surface area (Å²) in [5, 5.41) is 14.4. The van der Waals surface area contributed by atoms with Crippen molar-refractivity contribution in [3.8, 4) is 17.3 Å². The molecule has 0 saturated carbocycles. The third-order valence-corrected chi connectivity index (χ3v) is 6.23. The van der Waals surface area contributed by atoms with Gasteiger partial charge in [0.2, 0.25) is 5.91 Å². The summed E-state index contributed by atoms with van der Waals surface area (Å²) in [6.07, 6.45) is -0.630. The molecule has 1 aromatic carbocycles. The summed E-state index contributed by atoms with van der Waals surface area (Å²) in [5.41, 5.74) is 1.22. The van der Waals surface area contributed by atoms with Crippen molar-refractivity contribution >= 4 is 29.0 Å². The molecular weight excluding hydrogens is 426 g/mol. The van der Waals surface area contributed by atoms with Crippen LogP contribution in [0, 0.1) is 11.3 Å². The first-order chi connectivity index (χ1) is 15.1. The molecule has 0 bridgehead atoms. The first-order valence-electron chi connectivity index (χ1n) is 10.1. The first kappa shape index (κ1) is 21.8. The molecule has 1 atom stereocenters. The van der Waals surface area contributed by atoms with Gasteiger partial charge >= 0.3 is 6.09 Å². The summed E-state index contributed by atoms with van der Waals surface area (Å²) in [7, 11) is 0. The molecule has 1 aliphatic rings. The summed E-state index contributed by atoms with van der Waals surface area (Å²) in [6, 6.07) is 14.7. The van der Waals surface area contributed by atoms with Gasteiger partial charge < -0.3 is 14.8 Å². The van der Waals surface area contributed by atoms with Gasteiger partial charge in [0.1, 0.15) is 29.6 Å². The molecule has 1 N–H and O–H groups in total. The Bertz CT molecular complexity index is 1230. The van der Waals surface area contributed by atoms with Gasteiger partial charge in [0.05, 0.1) is 5.69 Å². The predicted molar refractivity (Wildman–Crippen MR) is 122 cm³/mol. The Labute approximate surface area is 190 Å². The fourth-order valence-electron chi connectivity index (χ4n) is 3.69. The summed E-state index contributed by atoms with van der Waals surface area (Å²) in [4.78, 5) is 26.1. The first-order valence-corrected chi connectivity index (χ1v) is 11.0. The van der Waals surface area contributed by atoms with Crippen molar-refractivity contribution in [1.82, 2.24) is 4.57 Å². The summed E-state index contributed by atoms with van der Waals surface area (Å²) in [6.45, 7) is 7.17. The topological polar surface area (TPSA) is 93.3 Å². The van der Waals surface area contributed by atoms with Crippen molar-refractivity contribution in [3.63, 3.8) is 0 Å². The van der Waals surface area contributed by atoms with Crippen LogP contribution in [0.5, 0.6) is 0 Å². The number of hydrogen-bond acceptors (Lipinski definition) is 6. The highest BCUT2D eigenvalue weighted by Crippen LogP contribution is 2.43. The molecule has 32 heavy (non-hydrogen) atoms. The standard InChI is InChI=1S/C24H23N3O4S/c1-23(2,3)31-22(29)27-16(13-25)8-10-19(27)15-7-9-18-17(12-15)24(4,20-6-5-11-32-20)30-14-21(28)26-18/h5-12H,14H2,1-4H3,(H,26,28). The number of carbonyl (C=O) groups excluding carboxylic acids is 2. The quantitative estimate of drug-likeness (QED) is 0.587. The predicted octanol–water partition coefficient (Wildman–Crippen LogP) is 5.10. The maximum absolute atomic E-state index is 12.9. The van der Waals surface area contributed by atoms with Crippen LogP contribution in [-0.4, -0.2) is 28.8 Å². The number of nitriles is 1. The van der Waals surface area contributed by atoms with Gasteiger partial charge in [-0.2, -0.15) is 5.26 Å². The molecule has 0 saturated heterocycles. The smallest absolute Gasteiger partial charge is 0.420 e. The largest absolute Gasteiger partial charge is 0.443 e. The highest BCUT2D eigenvalue weighted by molar-refractivity contribution is 7.10. The lowest BCUT2D eigenvalue weighted by Crippen LogP contribution is -2.28. The van der Waals surface area contributed by atoms with Gasteiger partial charge in [0, 0.05) is 16.1 Å². The number of nitrogens with one attached hydrogen (secondary N) is 1. The molecule has 7 nitrogen and oxygen atoms in total. The lowest BCUT2D eigenvalue weighted by Gasteiger charge is -2.29. The lowest BCUT2D eigenvalue weighted by molar-refractivity contribution is -0.124. The number of carbonyl (C=O) groups is 2. The van der Waals surface area contributed by atoms with Gasteiger partial charge in [-0.3, -0.25) is 4.79 Å². The zero-order chi connectivity index (χ0) is 23.1. The van der Waals surface area contributed by atoms with Crippen LogP contribution >= 0.6 is 11.3 Å². The average molecular weight is 450 g/mol. The normalized spacial score (nSPS) is 18.3. The minimum absolute atomic E-state index is 0.0781. The Morgan fingerprint density at radius 3 is 2.72 bits per heavy atom. The summed E-state index contributed by atoms with van der Waals surface area (Å²) >= 11 is 1.54. The number of rotatable bonds is 2. The van der Waals surface area contributed by atoms with Gasteiger partial charge in [-0.05, 0) is 69.0 Å². The van der Waals surface area contributed by atoms with Crippen LogP contribution < -0.4 is 5.32 Å². The molecular formula is C24H23N3O4S. The molecule has 0 aliphatic carbocycles. The Kier molecular flexibility index (Phi) is 5.41. The molecule has 8 heteroatoms. The minimum Gasteiger partial charge on any atom is -0.443 e. The minimum atomic E-state index is -0.861. The van der Waals surface area contributed by atoms with Crippen LogP contribution in [0.2, 0.25) is 0 Å². The van der Waals surface area contributed by atoms with Gasteiger partial charge in [-0.15, -0.1) is 11.3 Å². The number of benzene rings is 1. The lowest BCUT2D eigenvalue weighted by atomic mass is 9.90. The average Bonchev–Trinajstić information content (AvgIpc) is 3.39. The van der Waals surface area contributed by atoms with Crippen molar-refractivity contribution in [1.29, 1.82) is 5.26 Å². The summed E-state index contributed by atoms with van der Waals surface area (Å²) in [5.74, 6) is -0.233. The highest BCUT2D eigenvalue weighted by atomic mass is 32.1. The van der Waals surface area contributed by atoms with E-state index in [9.17, 15) is 14.9 Å². The van der Waals surface area contributed by atoms with Crippen LogP contribution in [-0.2, 0) is 19.9 Å². The third-order valence-electron chi connectivity index (χ3n) is 5.16. The molecule has 1 amide bonds. The fraction of sp³-hybridized carbons (Fsp3) is 0.292. The van der Waals surface area contributed by atoms with E-state index >= 15 is 0 Å². The molecule has 3 aromatic rings. The molecule has 1 unspecified atom stereocenters.